The Bertz CT molecular complexity index is 509. The van der Waals surface area contributed by atoms with Crippen molar-refractivity contribution in [1.82, 2.24) is 4.90 Å². The molecule has 0 aromatic heterocycles. The Kier molecular flexibility index (Phi) is 23.6. The maximum absolute atomic E-state index is 11.1. The van der Waals surface area contributed by atoms with E-state index in [2.05, 4.69) is 26.5 Å². The SMILES string of the molecule is COC(=O)CCCCC/C=C\CCCCCCCCOCC(COCCCC(=O)OC)N(C)C. The lowest BCUT2D eigenvalue weighted by Crippen LogP contribution is -2.37. The van der Waals surface area contributed by atoms with Gasteiger partial charge >= 0.3 is 11.9 Å². The molecule has 0 aromatic carbocycles. The van der Waals surface area contributed by atoms with E-state index >= 15 is 0 Å². The number of hydrogen-bond donors (Lipinski definition) is 0. The quantitative estimate of drug-likeness (QED) is 0.104. The fourth-order valence-corrected chi connectivity index (χ4v) is 3.43. The van der Waals surface area contributed by atoms with Gasteiger partial charge in [0, 0.05) is 26.1 Å². The number of esters is 2. The molecule has 0 saturated carbocycles. The summed E-state index contributed by atoms with van der Waals surface area (Å²) in [4.78, 5) is 24.2. The summed E-state index contributed by atoms with van der Waals surface area (Å²) in [5.74, 6) is -0.294. The normalized spacial score (nSPS) is 12.4. The average Bonchev–Trinajstić information content (AvgIpc) is 2.83. The molecule has 7 heteroatoms. The van der Waals surface area contributed by atoms with Crippen molar-refractivity contribution in [2.45, 2.75) is 95.9 Å². The van der Waals surface area contributed by atoms with Crippen LogP contribution in [0.4, 0.5) is 0 Å². The minimum atomic E-state index is -0.190. The van der Waals surface area contributed by atoms with Crippen LogP contribution in [0.5, 0.6) is 0 Å². The summed E-state index contributed by atoms with van der Waals surface area (Å²) in [7, 11) is 6.92. The lowest BCUT2D eigenvalue weighted by atomic mass is 10.1. The first-order valence-corrected chi connectivity index (χ1v) is 13.1. The van der Waals surface area contributed by atoms with Crippen molar-refractivity contribution in [3.05, 3.63) is 12.2 Å². The Morgan fingerprint density at radius 2 is 1.09 bits per heavy atom. The van der Waals surface area contributed by atoms with E-state index in [1.54, 1.807) is 0 Å². The second kappa shape index (κ2) is 24.7. The number of carbonyl (C=O) groups is 2. The Morgan fingerprint density at radius 3 is 1.62 bits per heavy atom. The number of ether oxygens (including phenoxy) is 4. The second-order valence-electron chi connectivity index (χ2n) is 9.00. The van der Waals surface area contributed by atoms with Crippen molar-refractivity contribution in [2.75, 3.05) is 54.7 Å². The highest BCUT2D eigenvalue weighted by Gasteiger charge is 2.12. The van der Waals surface area contributed by atoms with Crippen LogP contribution >= 0.6 is 0 Å². The highest BCUT2D eigenvalue weighted by Crippen LogP contribution is 2.09. The molecular formula is C27H51NO6. The predicted molar refractivity (Wildman–Crippen MR) is 137 cm³/mol. The summed E-state index contributed by atoms with van der Waals surface area (Å²) >= 11 is 0. The first kappa shape index (κ1) is 32.6. The van der Waals surface area contributed by atoms with Gasteiger partial charge in [0.25, 0.3) is 0 Å². The van der Waals surface area contributed by atoms with E-state index in [1.807, 2.05) is 14.1 Å². The van der Waals surface area contributed by atoms with Crippen LogP contribution in [0.25, 0.3) is 0 Å². The molecule has 34 heavy (non-hydrogen) atoms. The number of unbranched alkanes of at least 4 members (excludes halogenated alkanes) is 9. The smallest absolute Gasteiger partial charge is 0.305 e. The Morgan fingerprint density at radius 1 is 0.647 bits per heavy atom. The van der Waals surface area contributed by atoms with E-state index in [0.717, 1.165) is 38.7 Å². The number of rotatable bonds is 24. The highest BCUT2D eigenvalue weighted by molar-refractivity contribution is 5.69. The molecule has 0 fully saturated rings. The van der Waals surface area contributed by atoms with Gasteiger partial charge in [-0.25, -0.2) is 0 Å². The summed E-state index contributed by atoms with van der Waals surface area (Å²) in [5, 5.41) is 0. The Hall–Kier alpha value is -1.44. The minimum absolute atomic E-state index is 0.104. The molecule has 0 aliphatic heterocycles. The molecule has 1 atom stereocenters. The molecule has 0 aliphatic carbocycles. The van der Waals surface area contributed by atoms with Gasteiger partial charge in [-0.2, -0.15) is 0 Å². The van der Waals surface area contributed by atoms with Gasteiger partial charge in [-0.05, 0) is 59.0 Å². The first-order chi connectivity index (χ1) is 16.5. The monoisotopic (exact) mass is 485 g/mol. The van der Waals surface area contributed by atoms with Crippen LogP contribution in [0.3, 0.4) is 0 Å². The third-order valence-corrected chi connectivity index (χ3v) is 5.80. The van der Waals surface area contributed by atoms with Gasteiger partial charge in [0.15, 0.2) is 0 Å². The fourth-order valence-electron chi connectivity index (χ4n) is 3.43. The summed E-state index contributed by atoms with van der Waals surface area (Å²) in [6, 6.07) is 0.228. The largest absolute Gasteiger partial charge is 0.469 e. The van der Waals surface area contributed by atoms with Crippen LogP contribution < -0.4 is 0 Å². The number of hydrogen-bond acceptors (Lipinski definition) is 7. The molecule has 0 spiro atoms. The standard InChI is InChI=1S/C27H51NO6/c1-28(2)25(24-34-22-18-20-27(30)32-4)23-33-21-17-15-13-11-9-7-5-6-8-10-12-14-16-19-26(29)31-3/h6,8,25H,5,7,9-24H2,1-4H3/b8-6-. The van der Waals surface area contributed by atoms with Crippen molar-refractivity contribution >= 4 is 11.9 Å². The fraction of sp³-hybridized carbons (Fsp3) is 0.852. The van der Waals surface area contributed by atoms with Gasteiger partial charge < -0.3 is 23.8 Å². The maximum atomic E-state index is 11.1. The van der Waals surface area contributed by atoms with E-state index in [9.17, 15) is 9.59 Å². The van der Waals surface area contributed by atoms with Crippen LogP contribution in [0.1, 0.15) is 89.9 Å². The molecule has 0 rings (SSSR count). The molecule has 0 radical (unpaired) electrons. The molecule has 0 heterocycles. The van der Waals surface area contributed by atoms with Crippen LogP contribution in [0.15, 0.2) is 12.2 Å². The van der Waals surface area contributed by atoms with Gasteiger partial charge in [-0.3, -0.25) is 9.59 Å². The lowest BCUT2D eigenvalue weighted by Gasteiger charge is -2.24. The van der Waals surface area contributed by atoms with E-state index in [4.69, 9.17) is 9.47 Å². The average molecular weight is 486 g/mol. The highest BCUT2D eigenvalue weighted by atomic mass is 16.5. The Labute approximate surface area is 208 Å². The number of methoxy groups -OCH3 is 2. The van der Waals surface area contributed by atoms with E-state index in [0.29, 0.717) is 39.1 Å². The molecule has 200 valence electrons. The van der Waals surface area contributed by atoms with E-state index in [1.165, 1.54) is 52.7 Å². The van der Waals surface area contributed by atoms with Crippen molar-refractivity contribution in [3.8, 4) is 0 Å². The van der Waals surface area contributed by atoms with Crippen molar-refractivity contribution in [3.63, 3.8) is 0 Å². The predicted octanol–water partition coefficient (Wildman–Crippen LogP) is 5.31. The van der Waals surface area contributed by atoms with Crippen LogP contribution in [-0.4, -0.2) is 77.6 Å². The molecule has 0 aliphatic rings. The molecule has 0 bridgehead atoms. The van der Waals surface area contributed by atoms with Gasteiger partial charge in [-0.1, -0.05) is 44.3 Å². The van der Waals surface area contributed by atoms with Crippen molar-refractivity contribution < 1.29 is 28.5 Å². The van der Waals surface area contributed by atoms with Crippen LogP contribution in [0.2, 0.25) is 0 Å². The Balaban J connectivity index is 3.45. The number of nitrogens with zero attached hydrogens (tertiary/aromatic N) is 1. The molecule has 0 saturated heterocycles. The van der Waals surface area contributed by atoms with E-state index in [-0.39, 0.29) is 18.0 Å². The summed E-state index contributed by atoms with van der Waals surface area (Å²) in [6.45, 7) is 2.64. The second-order valence-corrected chi connectivity index (χ2v) is 9.00. The molecule has 7 nitrogen and oxygen atoms in total. The number of carbonyl (C=O) groups excluding carboxylic acids is 2. The topological polar surface area (TPSA) is 74.3 Å². The zero-order chi connectivity index (χ0) is 25.3. The minimum Gasteiger partial charge on any atom is -0.469 e. The van der Waals surface area contributed by atoms with Gasteiger partial charge in [-0.15, -0.1) is 0 Å². The van der Waals surface area contributed by atoms with Crippen LogP contribution in [0, 0.1) is 0 Å². The van der Waals surface area contributed by atoms with Gasteiger partial charge in [0.2, 0.25) is 0 Å². The van der Waals surface area contributed by atoms with E-state index < -0.39 is 0 Å². The number of likely N-dealkylation sites (N-methyl/N-ethyl adjacent to an activating group) is 1. The third-order valence-electron chi connectivity index (χ3n) is 5.80. The molecule has 1 unspecified atom stereocenters. The summed E-state index contributed by atoms with van der Waals surface area (Å²) in [5.41, 5.74) is 0. The zero-order valence-corrected chi connectivity index (χ0v) is 22.4. The third kappa shape index (κ3) is 22.4. The molecule has 0 N–H and O–H groups in total. The summed E-state index contributed by atoms with van der Waals surface area (Å²) < 4.78 is 20.8. The molecule has 0 aromatic rings. The van der Waals surface area contributed by atoms with Gasteiger partial charge in [0.1, 0.15) is 0 Å². The summed E-state index contributed by atoms with van der Waals surface area (Å²) in [6.07, 6.45) is 19.1. The van der Waals surface area contributed by atoms with Crippen molar-refractivity contribution in [1.29, 1.82) is 0 Å². The molecule has 0 amide bonds. The lowest BCUT2D eigenvalue weighted by molar-refractivity contribution is -0.141. The maximum Gasteiger partial charge on any atom is 0.305 e. The number of allylic oxidation sites excluding steroid dienone is 2. The first-order valence-electron chi connectivity index (χ1n) is 13.1. The molecular weight excluding hydrogens is 434 g/mol. The zero-order valence-electron chi connectivity index (χ0n) is 22.4. The van der Waals surface area contributed by atoms with Crippen molar-refractivity contribution in [2.24, 2.45) is 0 Å². The van der Waals surface area contributed by atoms with Crippen LogP contribution in [-0.2, 0) is 28.5 Å². The van der Waals surface area contributed by atoms with Gasteiger partial charge in [0.05, 0.1) is 33.5 Å².